The van der Waals surface area contributed by atoms with Crippen molar-refractivity contribution in [2.24, 2.45) is 5.73 Å². The average molecular weight is 277 g/mol. The van der Waals surface area contributed by atoms with Crippen LogP contribution in [0.15, 0.2) is 16.6 Å². The second kappa shape index (κ2) is 3.72. The number of hydrogen-bond donors (Lipinski definition) is 1. The van der Waals surface area contributed by atoms with Gasteiger partial charge in [0.1, 0.15) is 11.9 Å². The van der Waals surface area contributed by atoms with Crippen LogP contribution in [0, 0.1) is 0 Å². The summed E-state index contributed by atoms with van der Waals surface area (Å²) in [6, 6.07) is 3.64. The highest BCUT2D eigenvalue weighted by atomic mass is 79.9. The summed E-state index contributed by atoms with van der Waals surface area (Å²) < 4.78 is 6.67. The molecule has 0 spiro atoms. The largest absolute Gasteiger partial charge is 0.486 e. The van der Waals surface area contributed by atoms with Crippen molar-refractivity contribution >= 4 is 27.5 Å². The molecule has 0 saturated carbocycles. The molecule has 0 fully saturated rings. The van der Waals surface area contributed by atoms with Gasteiger partial charge >= 0.3 is 0 Å². The first-order chi connectivity index (χ1) is 6.65. The van der Waals surface area contributed by atoms with Crippen molar-refractivity contribution in [3.05, 3.63) is 27.2 Å². The third-order valence-electron chi connectivity index (χ3n) is 2.50. The number of nitrogens with two attached hydrogens (primary N) is 1. The summed E-state index contributed by atoms with van der Waals surface area (Å²) in [5.41, 5.74) is 7.05. The van der Waals surface area contributed by atoms with Crippen molar-refractivity contribution in [2.75, 3.05) is 0 Å². The van der Waals surface area contributed by atoms with Crippen LogP contribution in [0.1, 0.15) is 24.9 Å². The molecule has 0 aromatic heterocycles. The molecule has 2 unspecified atom stereocenters. The van der Waals surface area contributed by atoms with Gasteiger partial charge in [-0.1, -0.05) is 34.5 Å². The summed E-state index contributed by atoms with van der Waals surface area (Å²) in [5, 5.41) is 0.634. The number of rotatable bonds is 1. The van der Waals surface area contributed by atoms with E-state index < -0.39 is 0 Å². The molecular formula is C10H11BrClNO. The molecule has 2 N–H and O–H groups in total. The Hall–Kier alpha value is -0.250. The van der Waals surface area contributed by atoms with Crippen molar-refractivity contribution in [3.8, 4) is 5.75 Å². The summed E-state index contributed by atoms with van der Waals surface area (Å²) in [7, 11) is 0. The predicted molar refractivity (Wildman–Crippen MR) is 60.8 cm³/mol. The highest BCUT2D eigenvalue weighted by molar-refractivity contribution is 9.10. The lowest BCUT2D eigenvalue weighted by Crippen LogP contribution is -2.24. The molecule has 76 valence electrons. The van der Waals surface area contributed by atoms with E-state index >= 15 is 0 Å². The fourth-order valence-corrected chi connectivity index (χ4v) is 2.51. The van der Waals surface area contributed by atoms with Crippen molar-refractivity contribution in [1.29, 1.82) is 0 Å². The third-order valence-corrected chi connectivity index (χ3v) is 3.49. The smallest absolute Gasteiger partial charge is 0.144 e. The zero-order valence-electron chi connectivity index (χ0n) is 7.76. The van der Waals surface area contributed by atoms with E-state index in [1.54, 1.807) is 0 Å². The fraction of sp³-hybridized carbons (Fsp3) is 0.400. The number of fused-ring (bicyclic) bond motifs is 1. The van der Waals surface area contributed by atoms with E-state index in [2.05, 4.69) is 22.9 Å². The maximum atomic E-state index is 6.06. The van der Waals surface area contributed by atoms with Gasteiger partial charge in [-0.3, -0.25) is 0 Å². The maximum Gasteiger partial charge on any atom is 0.144 e. The van der Waals surface area contributed by atoms with Gasteiger partial charge in [0.2, 0.25) is 0 Å². The lowest BCUT2D eigenvalue weighted by atomic mass is 10.0. The molecule has 0 amide bonds. The molecule has 1 heterocycles. The van der Waals surface area contributed by atoms with E-state index in [0.717, 1.165) is 22.2 Å². The first-order valence-electron chi connectivity index (χ1n) is 4.55. The zero-order valence-corrected chi connectivity index (χ0v) is 10.1. The normalized spacial score (nSPS) is 24.6. The Morgan fingerprint density at radius 1 is 1.57 bits per heavy atom. The van der Waals surface area contributed by atoms with Crippen LogP contribution < -0.4 is 10.5 Å². The average Bonchev–Trinajstić information content (AvgIpc) is 2.51. The Morgan fingerprint density at radius 2 is 2.29 bits per heavy atom. The Bertz CT molecular complexity index is 369. The van der Waals surface area contributed by atoms with Gasteiger partial charge in [0.05, 0.1) is 11.1 Å². The SMILES string of the molecule is CCC1Oc2c(Cl)ccc(Br)c2C1N. The van der Waals surface area contributed by atoms with Gasteiger partial charge in [-0.15, -0.1) is 0 Å². The van der Waals surface area contributed by atoms with Crippen LogP contribution in [-0.2, 0) is 0 Å². The quantitative estimate of drug-likeness (QED) is 0.854. The van der Waals surface area contributed by atoms with E-state index in [4.69, 9.17) is 22.1 Å². The minimum atomic E-state index is -0.0805. The van der Waals surface area contributed by atoms with Crippen molar-refractivity contribution in [2.45, 2.75) is 25.5 Å². The van der Waals surface area contributed by atoms with Crippen LogP contribution in [0.4, 0.5) is 0 Å². The number of benzene rings is 1. The van der Waals surface area contributed by atoms with Crippen molar-refractivity contribution in [1.82, 2.24) is 0 Å². The monoisotopic (exact) mass is 275 g/mol. The van der Waals surface area contributed by atoms with Gasteiger partial charge in [0, 0.05) is 10.0 Å². The predicted octanol–water partition coefficient (Wildman–Crippen LogP) is 3.27. The van der Waals surface area contributed by atoms with E-state index in [1.807, 2.05) is 12.1 Å². The van der Waals surface area contributed by atoms with Crippen LogP contribution in [0.2, 0.25) is 5.02 Å². The summed E-state index contributed by atoms with van der Waals surface area (Å²) >= 11 is 9.49. The van der Waals surface area contributed by atoms with Gasteiger partial charge < -0.3 is 10.5 Å². The van der Waals surface area contributed by atoms with Crippen LogP contribution in [0.25, 0.3) is 0 Å². The second-order valence-electron chi connectivity index (χ2n) is 3.36. The van der Waals surface area contributed by atoms with Crippen LogP contribution in [0.3, 0.4) is 0 Å². The van der Waals surface area contributed by atoms with Crippen LogP contribution in [-0.4, -0.2) is 6.10 Å². The third kappa shape index (κ3) is 1.44. The molecule has 2 rings (SSSR count). The maximum absolute atomic E-state index is 6.06. The molecular weight excluding hydrogens is 265 g/mol. The topological polar surface area (TPSA) is 35.2 Å². The van der Waals surface area contributed by atoms with E-state index in [1.165, 1.54) is 0 Å². The molecule has 1 aliphatic heterocycles. The molecule has 0 bridgehead atoms. The summed E-state index contributed by atoms with van der Waals surface area (Å²) in [6.45, 7) is 2.05. The minimum Gasteiger partial charge on any atom is -0.486 e. The standard InChI is InChI=1S/C10H11BrClNO/c1-2-7-9(13)8-5(11)3-4-6(12)10(8)14-7/h3-4,7,9H,2,13H2,1H3. The van der Waals surface area contributed by atoms with Crippen molar-refractivity contribution < 1.29 is 4.74 Å². The number of hydrogen-bond acceptors (Lipinski definition) is 2. The summed E-state index contributed by atoms with van der Waals surface area (Å²) in [6.07, 6.45) is 0.930. The van der Waals surface area contributed by atoms with Crippen LogP contribution >= 0.6 is 27.5 Å². The minimum absolute atomic E-state index is 0.0428. The molecule has 1 aromatic carbocycles. The first kappa shape index (κ1) is 10.3. The molecule has 0 saturated heterocycles. The van der Waals surface area contributed by atoms with E-state index in [-0.39, 0.29) is 12.1 Å². The summed E-state index contributed by atoms with van der Waals surface area (Å²) in [4.78, 5) is 0. The number of ether oxygens (including phenoxy) is 1. The lowest BCUT2D eigenvalue weighted by molar-refractivity contribution is 0.202. The first-order valence-corrected chi connectivity index (χ1v) is 5.72. The van der Waals surface area contributed by atoms with Crippen molar-refractivity contribution in [3.63, 3.8) is 0 Å². The van der Waals surface area contributed by atoms with Gasteiger partial charge in [-0.25, -0.2) is 0 Å². The number of halogens is 2. The van der Waals surface area contributed by atoms with E-state index in [9.17, 15) is 0 Å². The molecule has 2 atom stereocenters. The highest BCUT2D eigenvalue weighted by Gasteiger charge is 2.33. The van der Waals surface area contributed by atoms with Gasteiger partial charge in [0.15, 0.2) is 0 Å². The molecule has 1 aromatic rings. The molecule has 0 radical (unpaired) electrons. The fourth-order valence-electron chi connectivity index (χ4n) is 1.73. The Kier molecular flexibility index (Phi) is 2.73. The second-order valence-corrected chi connectivity index (χ2v) is 4.62. The molecule has 0 aliphatic carbocycles. The highest BCUT2D eigenvalue weighted by Crippen LogP contribution is 2.45. The molecule has 4 heteroatoms. The Balaban J connectivity index is 2.52. The summed E-state index contributed by atoms with van der Waals surface area (Å²) in [5.74, 6) is 0.736. The van der Waals surface area contributed by atoms with Gasteiger partial charge in [0.25, 0.3) is 0 Å². The molecule has 1 aliphatic rings. The van der Waals surface area contributed by atoms with Crippen LogP contribution in [0.5, 0.6) is 5.75 Å². The Labute approximate surface area is 96.5 Å². The molecule has 14 heavy (non-hydrogen) atoms. The zero-order chi connectivity index (χ0) is 10.3. The van der Waals surface area contributed by atoms with Gasteiger partial charge in [-0.05, 0) is 18.6 Å². The Morgan fingerprint density at radius 3 is 2.86 bits per heavy atom. The lowest BCUT2D eigenvalue weighted by Gasteiger charge is -2.12. The van der Waals surface area contributed by atoms with Gasteiger partial charge in [-0.2, -0.15) is 0 Å². The van der Waals surface area contributed by atoms with E-state index in [0.29, 0.717) is 5.02 Å². The molecule has 2 nitrogen and oxygen atoms in total.